The van der Waals surface area contributed by atoms with Gasteiger partial charge in [-0.3, -0.25) is 0 Å². The fourth-order valence-corrected chi connectivity index (χ4v) is 3.38. The SMILES string of the molecule is CCCn1c(CC2CCCC(C)N2)nc2ccccc21. The predicted octanol–water partition coefficient (Wildman–Crippen LogP) is 3.52. The summed E-state index contributed by atoms with van der Waals surface area (Å²) in [6.07, 6.45) is 6.13. The van der Waals surface area contributed by atoms with Crippen LogP contribution in [-0.4, -0.2) is 21.6 Å². The van der Waals surface area contributed by atoms with Gasteiger partial charge in [0, 0.05) is 25.0 Å². The van der Waals surface area contributed by atoms with Gasteiger partial charge in [0.2, 0.25) is 0 Å². The van der Waals surface area contributed by atoms with Crippen LogP contribution >= 0.6 is 0 Å². The third-order valence-corrected chi connectivity index (χ3v) is 4.32. The number of hydrogen-bond donors (Lipinski definition) is 1. The van der Waals surface area contributed by atoms with Gasteiger partial charge in [-0.25, -0.2) is 4.98 Å². The summed E-state index contributed by atoms with van der Waals surface area (Å²) in [7, 11) is 0. The zero-order valence-corrected chi connectivity index (χ0v) is 12.6. The lowest BCUT2D eigenvalue weighted by Crippen LogP contribution is -2.42. The molecule has 1 aromatic carbocycles. The number of para-hydroxylation sites is 2. The Morgan fingerprint density at radius 2 is 2.15 bits per heavy atom. The summed E-state index contributed by atoms with van der Waals surface area (Å²) in [5.74, 6) is 1.25. The summed E-state index contributed by atoms with van der Waals surface area (Å²) in [6.45, 7) is 5.60. The Kier molecular flexibility index (Phi) is 4.06. The summed E-state index contributed by atoms with van der Waals surface area (Å²) in [5, 5.41) is 3.73. The van der Waals surface area contributed by atoms with Gasteiger partial charge in [0.05, 0.1) is 11.0 Å². The first kappa shape index (κ1) is 13.6. The number of fused-ring (bicyclic) bond motifs is 1. The van der Waals surface area contributed by atoms with Gasteiger partial charge in [0.1, 0.15) is 5.82 Å². The van der Waals surface area contributed by atoms with E-state index in [0.717, 1.165) is 24.9 Å². The van der Waals surface area contributed by atoms with E-state index in [-0.39, 0.29) is 0 Å². The molecule has 1 aliphatic rings. The Labute approximate surface area is 121 Å². The topological polar surface area (TPSA) is 29.9 Å². The minimum atomic E-state index is 0.589. The Hall–Kier alpha value is -1.35. The van der Waals surface area contributed by atoms with Gasteiger partial charge >= 0.3 is 0 Å². The molecule has 1 saturated heterocycles. The summed E-state index contributed by atoms with van der Waals surface area (Å²) < 4.78 is 2.41. The molecule has 0 radical (unpaired) electrons. The van der Waals surface area contributed by atoms with Gasteiger partial charge < -0.3 is 9.88 Å². The molecule has 0 aliphatic carbocycles. The maximum Gasteiger partial charge on any atom is 0.111 e. The number of aromatic nitrogens is 2. The minimum Gasteiger partial charge on any atom is -0.328 e. The lowest BCUT2D eigenvalue weighted by Gasteiger charge is -2.28. The van der Waals surface area contributed by atoms with Crippen molar-refractivity contribution in [2.75, 3.05) is 0 Å². The molecule has 0 saturated carbocycles. The van der Waals surface area contributed by atoms with Crippen molar-refractivity contribution >= 4 is 11.0 Å². The van der Waals surface area contributed by atoms with E-state index >= 15 is 0 Å². The van der Waals surface area contributed by atoms with Gasteiger partial charge in [0.15, 0.2) is 0 Å². The van der Waals surface area contributed by atoms with Crippen LogP contribution in [0.5, 0.6) is 0 Å². The predicted molar refractivity (Wildman–Crippen MR) is 84.0 cm³/mol. The van der Waals surface area contributed by atoms with Gasteiger partial charge in [-0.15, -0.1) is 0 Å². The molecule has 0 amide bonds. The Morgan fingerprint density at radius 3 is 2.95 bits per heavy atom. The molecule has 2 unspecified atom stereocenters. The number of piperidine rings is 1. The Bertz CT molecular complexity index is 573. The van der Waals surface area contributed by atoms with E-state index in [1.165, 1.54) is 30.6 Å². The lowest BCUT2D eigenvalue weighted by molar-refractivity contribution is 0.328. The van der Waals surface area contributed by atoms with E-state index in [2.05, 4.69) is 48.0 Å². The van der Waals surface area contributed by atoms with Crippen molar-refractivity contribution in [1.29, 1.82) is 0 Å². The molecule has 3 nitrogen and oxygen atoms in total. The molecule has 2 heterocycles. The summed E-state index contributed by atoms with van der Waals surface area (Å²) in [6, 6.07) is 9.75. The largest absolute Gasteiger partial charge is 0.328 e. The molecule has 2 atom stereocenters. The molecule has 3 heteroatoms. The second kappa shape index (κ2) is 5.96. The van der Waals surface area contributed by atoms with Crippen molar-refractivity contribution in [2.24, 2.45) is 0 Å². The van der Waals surface area contributed by atoms with Crippen LogP contribution in [0.1, 0.15) is 45.4 Å². The van der Waals surface area contributed by atoms with Crippen molar-refractivity contribution in [2.45, 2.75) is 64.6 Å². The molecule has 108 valence electrons. The fraction of sp³-hybridized carbons (Fsp3) is 0.588. The van der Waals surface area contributed by atoms with Crippen molar-refractivity contribution < 1.29 is 0 Å². The number of nitrogens with one attached hydrogen (secondary N) is 1. The highest BCUT2D eigenvalue weighted by molar-refractivity contribution is 5.75. The van der Waals surface area contributed by atoms with Crippen molar-refractivity contribution in [3.05, 3.63) is 30.1 Å². The maximum absolute atomic E-state index is 4.87. The Morgan fingerprint density at radius 1 is 1.30 bits per heavy atom. The zero-order valence-electron chi connectivity index (χ0n) is 12.6. The van der Waals surface area contributed by atoms with Gasteiger partial charge in [-0.05, 0) is 38.3 Å². The summed E-state index contributed by atoms with van der Waals surface area (Å²) >= 11 is 0. The van der Waals surface area contributed by atoms with Crippen LogP contribution in [-0.2, 0) is 13.0 Å². The van der Waals surface area contributed by atoms with E-state index in [4.69, 9.17) is 4.98 Å². The van der Waals surface area contributed by atoms with Crippen molar-refractivity contribution in [1.82, 2.24) is 14.9 Å². The van der Waals surface area contributed by atoms with E-state index in [9.17, 15) is 0 Å². The maximum atomic E-state index is 4.87. The summed E-state index contributed by atoms with van der Waals surface area (Å²) in [5.41, 5.74) is 2.42. The minimum absolute atomic E-state index is 0.589. The summed E-state index contributed by atoms with van der Waals surface area (Å²) in [4.78, 5) is 4.87. The number of imidazole rings is 1. The van der Waals surface area contributed by atoms with Gasteiger partial charge in [-0.2, -0.15) is 0 Å². The first-order chi connectivity index (χ1) is 9.78. The van der Waals surface area contributed by atoms with Crippen LogP contribution < -0.4 is 5.32 Å². The van der Waals surface area contributed by atoms with Crippen LogP contribution in [0, 0.1) is 0 Å². The van der Waals surface area contributed by atoms with Crippen molar-refractivity contribution in [3.8, 4) is 0 Å². The molecular weight excluding hydrogens is 246 g/mol. The normalized spacial score (nSPS) is 23.3. The highest BCUT2D eigenvalue weighted by Crippen LogP contribution is 2.20. The number of rotatable bonds is 4. The van der Waals surface area contributed by atoms with Crippen LogP contribution in [0.15, 0.2) is 24.3 Å². The highest BCUT2D eigenvalue weighted by Gasteiger charge is 2.20. The molecule has 1 fully saturated rings. The van der Waals surface area contributed by atoms with E-state index in [1.54, 1.807) is 0 Å². The second-order valence-corrected chi connectivity index (χ2v) is 6.07. The molecule has 1 aliphatic heterocycles. The average molecular weight is 271 g/mol. The van der Waals surface area contributed by atoms with Crippen LogP contribution in [0.4, 0.5) is 0 Å². The smallest absolute Gasteiger partial charge is 0.111 e. The van der Waals surface area contributed by atoms with E-state index in [0.29, 0.717) is 12.1 Å². The molecule has 3 rings (SSSR count). The average Bonchev–Trinajstić information content (AvgIpc) is 2.77. The molecule has 1 aromatic heterocycles. The quantitative estimate of drug-likeness (QED) is 0.922. The van der Waals surface area contributed by atoms with Crippen LogP contribution in [0.3, 0.4) is 0 Å². The number of aryl methyl sites for hydroxylation is 1. The van der Waals surface area contributed by atoms with Crippen LogP contribution in [0.2, 0.25) is 0 Å². The number of nitrogens with zero attached hydrogens (tertiary/aromatic N) is 2. The first-order valence-corrected chi connectivity index (χ1v) is 7.98. The fourth-order valence-electron chi connectivity index (χ4n) is 3.38. The van der Waals surface area contributed by atoms with Gasteiger partial charge in [-0.1, -0.05) is 25.5 Å². The molecule has 2 aromatic rings. The number of benzene rings is 1. The van der Waals surface area contributed by atoms with Gasteiger partial charge in [0.25, 0.3) is 0 Å². The zero-order chi connectivity index (χ0) is 13.9. The monoisotopic (exact) mass is 271 g/mol. The molecule has 20 heavy (non-hydrogen) atoms. The second-order valence-electron chi connectivity index (χ2n) is 6.07. The lowest BCUT2D eigenvalue weighted by atomic mass is 9.97. The van der Waals surface area contributed by atoms with Crippen molar-refractivity contribution in [3.63, 3.8) is 0 Å². The molecule has 1 N–H and O–H groups in total. The first-order valence-electron chi connectivity index (χ1n) is 7.98. The van der Waals surface area contributed by atoms with Crippen LogP contribution in [0.25, 0.3) is 11.0 Å². The third kappa shape index (κ3) is 2.73. The third-order valence-electron chi connectivity index (χ3n) is 4.32. The Balaban J connectivity index is 1.87. The highest BCUT2D eigenvalue weighted by atomic mass is 15.1. The van der Waals surface area contributed by atoms with E-state index < -0.39 is 0 Å². The molecular formula is C17H25N3. The van der Waals surface area contributed by atoms with E-state index in [1.807, 2.05) is 0 Å². The molecule has 0 spiro atoms. The molecule has 0 bridgehead atoms. The number of hydrogen-bond acceptors (Lipinski definition) is 2. The standard InChI is InChI=1S/C17H25N3/c1-3-11-20-16-10-5-4-9-15(16)19-17(20)12-14-8-6-7-13(2)18-14/h4-5,9-10,13-14,18H,3,6-8,11-12H2,1-2H3.